The smallest absolute Gasteiger partial charge is 0.306 e. The molecular weight excluding hydrogens is 1020 g/mol. The van der Waals surface area contributed by atoms with Gasteiger partial charge in [0.2, 0.25) is 0 Å². The molecule has 0 rings (SSSR count). The molecule has 0 N–H and O–H groups in total. The largest absolute Gasteiger partial charge is 0.462 e. The Bertz CT molecular complexity index is 1340. The summed E-state index contributed by atoms with van der Waals surface area (Å²) in [6, 6.07) is 0. The predicted octanol–water partition coefficient (Wildman–Crippen LogP) is 26.1. The zero-order valence-electron chi connectivity index (χ0n) is 56.5. The summed E-state index contributed by atoms with van der Waals surface area (Å²) >= 11 is 0. The average molecular weight is 1170 g/mol. The van der Waals surface area contributed by atoms with Crippen molar-refractivity contribution >= 4 is 17.9 Å². The molecule has 0 aliphatic carbocycles. The van der Waals surface area contributed by atoms with E-state index in [2.05, 4.69) is 45.1 Å². The highest BCUT2D eigenvalue weighted by molar-refractivity contribution is 5.71. The Morgan fingerprint density at radius 2 is 0.434 bits per heavy atom. The summed E-state index contributed by atoms with van der Waals surface area (Å²) in [5.74, 6) is -0.839. The maximum atomic E-state index is 13.0. The van der Waals surface area contributed by atoms with E-state index in [1.165, 1.54) is 321 Å². The third kappa shape index (κ3) is 70.5. The average Bonchev–Trinajstić information content (AvgIpc) is 3.49. The number of carbonyl (C=O) groups is 3. The van der Waals surface area contributed by atoms with E-state index >= 15 is 0 Å². The van der Waals surface area contributed by atoms with Crippen LogP contribution in [0.15, 0.2) is 24.3 Å². The summed E-state index contributed by atoms with van der Waals surface area (Å²) in [6.45, 7) is 6.70. The predicted molar refractivity (Wildman–Crippen MR) is 363 cm³/mol. The first kappa shape index (κ1) is 80.9. The Hall–Kier alpha value is -2.11. The molecule has 0 saturated carbocycles. The van der Waals surface area contributed by atoms with E-state index in [9.17, 15) is 14.4 Å². The molecule has 0 fully saturated rings. The van der Waals surface area contributed by atoms with Gasteiger partial charge in [0.25, 0.3) is 0 Å². The molecular formula is C77H146O6. The van der Waals surface area contributed by atoms with Crippen LogP contribution in [0.5, 0.6) is 0 Å². The van der Waals surface area contributed by atoms with Gasteiger partial charge in [-0.25, -0.2) is 0 Å². The molecule has 0 aliphatic rings. The number of hydrogen-bond acceptors (Lipinski definition) is 6. The fourth-order valence-corrected chi connectivity index (χ4v) is 11.8. The lowest BCUT2D eigenvalue weighted by molar-refractivity contribution is -0.167. The number of rotatable bonds is 71. The summed E-state index contributed by atoms with van der Waals surface area (Å²) < 4.78 is 17.0. The van der Waals surface area contributed by atoms with E-state index in [0.29, 0.717) is 19.3 Å². The molecule has 6 nitrogen and oxygen atoms in total. The Labute approximate surface area is 519 Å². The molecule has 0 spiro atoms. The molecule has 490 valence electrons. The van der Waals surface area contributed by atoms with Crippen LogP contribution in [0, 0.1) is 0 Å². The van der Waals surface area contributed by atoms with Gasteiger partial charge in [0.1, 0.15) is 13.2 Å². The number of allylic oxidation sites excluding steroid dienone is 4. The van der Waals surface area contributed by atoms with Crippen molar-refractivity contribution in [2.75, 3.05) is 13.2 Å². The molecule has 83 heavy (non-hydrogen) atoms. The maximum Gasteiger partial charge on any atom is 0.306 e. The van der Waals surface area contributed by atoms with Gasteiger partial charge in [0.15, 0.2) is 6.10 Å². The third-order valence-corrected chi connectivity index (χ3v) is 17.5. The van der Waals surface area contributed by atoms with E-state index in [-0.39, 0.29) is 31.1 Å². The van der Waals surface area contributed by atoms with E-state index in [1.54, 1.807) is 0 Å². The number of hydrogen-bond donors (Lipinski definition) is 0. The number of ether oxygens (including phenoxy) is 3. The van der Waals surface area contributed by atoms with Crippen LogP contribution in [0.3, 0.4) is 0 Å². The third-order valence-electron chi connectivity index (χ3n) is 17.5. The molecule has 0 amide bonds. The van der Waals surface area contributed by atoms with Crippen molar-refractivity contribution < 1.29 is 28.6 Å². The van der Waals surface area contributed by atoms with Crippen molar-refractivity contribution in [3.8, 4) is 0 Å². The van der Waals surface area contributed by atoms with Crippen LogP contribution < -0.4 is 0 Å². The highest BCUT2D eigenvalue weighted by atomic mass is 16.6. The van der Waals surface area contributed by atoms with Gasteiger partial charge in [-0.05, 0) is 51.4 Å². The van der Waals surface area contributed by atoms with Crippen molar-refractivity contribution in [1.29, 1.82) is 0 Å². The Morgan fingerprint density at radius 1 is 0.241 bits per heavy atom. The summed E-state index contributed by atoms with van der Waals surface area (Å²) in [7, 11) is 0. The van der Waals surface area contributed by atoms with Gasteiger partial charge in [-0.3, -0.25) is 14.4 Å². The minimum absolute atomic E-state index is 0.0669. The number of unbranched alkanes of at least 4 members (excludes halogenated alkanes) is 56. The molecule has 6 heteroatoms. The molecule has 0 aromatic heterocycles. The van der Waals surface area contributed by atoms with Crippen LogP contribution in [0.4, 0.5) is 0 Å². The SMILES string of the molecule is CCCCC/C=C\C/C=C\CCCCCCCCCC(=O)OCC(COC(=O)CCCCCCCCCCCCCCCCCCCCCCCCCCCCCCCC)OC(=O)CCCCCCCCCCCCCCCCCCCC. The lowest BCUT2D eigenvalue weighted by Gasteiger charge is -2.18. The second kappa shape index (κ2) is 72.4. The van der Waals surface area contributed by atoms with Crippen molar-refractivity contribution in [2.24, 2.45) is 0 Å². The first-order chi connectivity index (χ1) is 41.0. The Kier molecular flexibility index (Phi) is 70.5. The molecule has 0 heterocycles. The summed E-state index contributed by atoms with van der Waals surface area (Å²) in [4.78, 5) is 38.5. The van der Waals surface area contributed by atoms with Gasteiger partial charge in [0, 0.05) is 19.3 Å². The fraction of sp³-hybridized carbons (Fsp3) is 0.909. The first-order valence-corrected chi connectivity index (χ1v) is 37.8. The van der Waals surface area contributed by atoms with Gasteiger partial charge in [-0.15, -0.1) is 0 Å². The van der Waals surface area contributed by atoms with Gasteiger partial charge >= 0.3 is 17.9 Å². The van der Waals surface area contributed by atoms with Crippen LogP contribution in [-0.4, -0.2) is 37.2 Å². The Balaban J connectivity index is 4.19. The van der Waals surface area contributed by atoms with Gasteiger partial charge < -0.3 is 14.2 Å². The molecule has 0 radical (unpaired) electrons. The lowest BCUT2D eigenvalue weighted by Crippen LogP contribution is -2.30. The minimum atomic E-state index is -0.772. The topological polar surface area (TPSA) is 78.9 Å². The van der Waals surface area contributed by atoms with Crippen molar-refractivity contribution in [3.63, 3.8) is 0 Å². The summed E-state index contributed by atoms with van der Waals surface area (Å²) in [5, 5.41) is 0. The molecule has 0 saturated heterocycles. The maximum absolute atomic E-state index is 13.0. The zero-order valence-corrected chi connectivity index (χ0v) is 56.5. The van der Waals surface area contributed by atoms with E-state index in [1.807, 2.05) is 0 Å². The quantitative estimate of drug-likeness (QED) is 0.0261. The molecule has 0 aromatic rings. The fourth-order valence-electron chi connectivity index (χ4n) is 11.8. The van der Waals surface area contributed by atoms with Crippen LogP contribution in [0.25, 0.3) is 0 Å². The van der Waals surface area contributed by atoms with Crippen molar-refractivity contribution in [3.05, 3.63) is 24.3 Å². The normalized spacial score (nSPS) is 12.1. The monoisotopic (exact) mass is 1170 g/mol. The minimum Gasteiger partial charge on any atom is -0.462 e. The number of esters is 3. The molecule has 0 bridgehead atoms. The van der Waals surface area contributed by atoms with Crippen molar-refractivity contribution in [1.82, 2.24) is 0 Å². The number of carbonyl (C=O) groups excluding carboxylic acids is 3. The van der Waals surface area contributed by atoms with Gasteiger partial charge in [-0.1, -0.05) is 385 Å². The van der Waals surface area contributed by atoms with E-state index in [4.69, 9.17) is 14.2 Å². The van der Waals surface area contributed by atoms with Crippen molar-refractivity contribution in [2.45, 2.75) is 438 Å². The first-order valence-electron chi connectivity index (χ1n) is 37.8. The standard InChI is InChI=1S/C77H146O6/c1-4-7-10-13-16-19-22-25-28-31-33-34-35-36-37-38-39-40-41-42-43-44-47-49-52-55-58-61-64-67-70-76(79)82-73-74(72-81-75(78)69-66-63-60-57-54-51-48-45-30-27-24-21-18-15-12-9-6-3)83-77(80)71-68-65-62-59-56-53-50-46-32-29-26-23-20-17-14-11-8-5-2/h18,21,27,30,74H,4-17,19-20,22-26,28-29,31-73H2,1-3H3/b21-18-,30-27-. The van der Waals surface area contributed by atoms with Gasteiger partial charge in [0.05, 0.1) is 0 Å². The second-order valence-electron chi connectivity index (χ2n) is 25.9. The molecule has 1 unspecified atom stereocenters. The van der Waals surface area contributed by atoms with Crippen LogP contribution >= 0.6 is 0 Å². The highest BCUT2D eigenvalue weighted by Gasteiger charge is 2.20. The molecule has 0 aliphatic heterocycles. The van der Waals surface area contributed by atoms with E-state index < -0.39 is 6.10 Å². The zero-order chi connectivity index (χ0) is 59.9. The van der Waals surface area contributed by atoms with Gasteiger partial charge in [-0.2, -0.15) is 0 Å². The van der Waals surface area contributed by atoms with Crippen LogP contribution in [0.2, 0.25) is 0 Å². The van der Waals surface area contributed by atoms with Crippen LogP contribution in [-0.2, 0) is 28.6 Å². The second-order valence-corrected chi connectivity index (χ2v) is 25.9. The van der Waals surface area contributed by atoms with Crippen LogP contribution in [0.1, 0.15) is 432 Å². The highest BCUT2D eigenvalue weighted by Crippen LogP contribution is 2.20. The Morgan fingerprint density at radius 3 is 0.687 bits per heavy atom. The van der Waals surface area contributed by atoms with E-state index in [0.717, 1.165) is 70.6 Å². The lowest BCUT2D eigenvalue weighted by atomic mass is 10.0. The summed E-state index contributed by atoms with van der Waals surface area (Å²) in [6.07, 6.45) is 89.4. The summed E-state index contributed by atoms with van der Waals surface area (Å²) in [5.41, 5.74) is 0. The molecule has 0 aromatic carbocycles. The molecule has 1 atom stereocenters.